The molecule has 2 aliphatic heterocycles. The van der Waals surface area contributed by atoms with E-state index in [0.717, 1.165) is 38.4 Å². The zero-order valence-electron chi connectivity index (χ0n) is 17.8. The Kier molecular flexibility index (Phi) is 5.87. The minimum atomic E-state index is -0.263. The lowest BCUT2D eigenvalue weighted by Gasteiger charge is -2.38. The van der Waals surface area contributed by atoms with E-state index in [1.54, 1.807) is 29.0 Å². The molecule has 166 valence electrons. The summed E-state index contributed by atoms with van der Waals surface area (Å²) < 4.78 is 7.24. The number of nitrogens with zero attached hydrogens (tertiary/aromatic N) is 5. The summed E-state index contributed by atoms with van der Waals surface area (Å²) in [5.74, 6) is 1.28. The fraction of sp³-hybridized carbons (Fsp3) is 0.636. The van der Waals surface area contributed by atoms with E-state index in [1.807, 2.05) is 4.90 Å². The Balaban J connectivity index is 1.09. The number of ether oxygens (including phenoxy) is 1. The molecule has 0 aromatic carbocycles. The predicted molar refractivity (Wildman–Crippen MR) is 114 cm³/mol. The maximum Gasteiger partial charge on any atom is 0.271 e. The molecule has 2 aromatic rings. The Morgan fingerprint density at radius 1 is 1.16 bits per heavy atom. The molecule has 1 N–H and O–H groups in total. The molecule has 0 radical (unpaired) electrons. The Hall–Kier alpha value is -2.52. The van der Waals surface area contributed by atoms with Gasteiger partial charge in [-0.2, -0.15) is 5.10 Å². The predicted octanol–water partition coefficient (Wildman–Crippen LogP) is 0.809. The average molecular weight is 427 g/mol. The maximum atomic E-state index is 12.5. The number of hydrogen-bond acceptors (Lipinski definition) is 6. The summed E-state index contributed by atoms with van der Waals surface area (Å²) >= 11 is 0. The first-order valence-electron chi connectivity index (χ1n) is 11.3. The molecule has 1 atom stereocenters. The molecule has 2 amide bonds. The van der Waals surface area contributed by atoms with Crippen molar-refractivity contribution < 1.29 is 14.3 Å². The molecule has 1 saturated carbocycles. The number of amides is 2. The summed E-state index contributed by atoms with van der Waals surface area (Å²) in [5, 5.41) is 7.13. The van der Waals surface area contributed by atoms with Crippen molar-refractivity contribution in [3.05, 3.63) is 30.2 Å². The molecule has 31 heavy (non-hydrogen) atoms. The molecule has 3 fully saturated rings. The number of fused-ring (bicyclic) bond motifs is 1. The number of aromatic nitrogens is 3. The summed E-state index contributed by atoms with van der Waals surface area (Å²) in [4.78, 5) is 33.5. The Morgan fingerprint density at radius 2 is 1.97 bits per heavy atom. The lowest BCUT2D eigenvalue weighted by atomic mass is 9.95. The van der Waals surface area contributed by atoms with E-state index in [2.05, 4.69) is 20.3 Å². The van der Waals surface area contributed by atoms with Crippen LogP contribution in [0.1, 0.15) is 36.2 Å². The van der Waals surface area contributed by atoms with E-state index in [9.17, 15) is 9.59 Å². The van der Waals surface area contributed by atoms with E-state index in [4.69, 9.17) is 4.74 Å². The minimum Gasteiger partial charge on any atom is -0.365 e. The van der Waals surface area contributed by atoms with Gasteiger partial charge < -0.3 is 19.9 Å². The zero-order chi connectivity index (χ0) is 21.2. The highest BCUT2D eigenvalue weighted by molar-refractivity contribution is 5.93. The number of piperidine rings is 1. The molecule has 9 heteroatoms. The van der Waals surface area contributed by atoms with Gasteiger partial charge in [0.1, 0.15) is 6.61 Å². The molecular formula is C22H30N6O3. The lowest BCUT2D eigenvalue weighted by Crippen LogP contribution is -2.52. The summed E-state index contributed by atoms with van der Waals surface area (Å²) in [6.45, 7) is 5.30. The number of morpholine rings is 1. The largest absolute Gasteiger partial charge is 0.365 e. The fourth-order valence-corrected chi connectivity index (χ4v) is 4.55. The van der Waals surface area contributed by atoms with Gasteiger partial charge in [-0.1, -0.05) is 0 Å². The summed E-state index contributed by atoms with van der Waals surface area (Å²) in [6, 6.07) is 3.42. The van der Waals surface area contributed by atoms with Crippen molar-refractivity contribution in [3.8, 4) is 0 Å². The van der Waals surface area contributed by atoms with Gasteiger partial charge in [0.05, 0.1) is 6.10 Å². The van der Waals surface area contributed by atoms with Crippen molar-refractivity contribution in [3.63, 3.8) is 0 Å². The molecule has 3 aliphatic rings. The number of likely N-dealkylation sites (tertiary alicyclic amines) is 1. The van der Waals surface area contributed by atoms with Gasteiger partial charge in [0.25, 0.3) is 5.91 Å². The van der Waals surface area contributed by atoms with Crippen molar-refractivity contribution >= 4 is 17.5 Å². The van der Waals surface area contributed by atoms with E-state index >= 15 is 0 Å². The van der Waals surface area contributed by atoms with Gasteiger partial charge in [0.2, 0.25) is 5.91 Å². The highest BCUT2D eigenvalue weighted by atomic mass is 16.5. The monoisotopic (exact) mass is 426 g/mol. The van der Waals surface area contributed by atoms with Crippen LogP contribution in [-0.4, -0.2) is 88.2 Å². The maximum absolute atomic E-state index is 12.5. The van der Waals surface area contributed by atoms with Gasteiger partial charge in [0, 0.05) is 44.6 Å². The summed E-state index contributed by atoms with van der Waals surface area (Å²) in [6.07, 6.45) is 8.32. The molecule has 5 rings (SSSR count). The molecule has 0 bridgehead atoms. The van der Waals surface area contributed by atoms with Crippen molar-refractivity contribution in [2.45, 2.75) is 31.8 Å². The van der Waals surface area contributed by atoms with Crippen LogP contribution >= 0.6 is 0 Å². The highest BCUT2D eigenvalue weighted by Gasteiger charge is 2.31. The average Bonchev–Trinajstić information content (AvgIpc) is 3.49. The fourth-order valence-electron chi connectivity index (χ4n) is 4.55. The molecule has 4 heterocycles. The zero-order valence-corrected chi connectivity index (χ0v) is 17.8. The highest BCUT2D eigenvalue weighted by Crippen LogP contribution is 2.31. The van der Waals surface area contributed by atoms with Gasteiger partial charge in [-0.05, 0) is 56.7 Å². The van der Waals surface area contributed by atoms with Crippen LogP contribution in [0, 0.1) is 11.8 Å². The van der Waals surface area contributed by atoms with Crippen LogP contribution in [0.4, 0.5) is 0 Å². The first-order chi connectivity index (χ1) is 15.1. The summed E-state index contributed by atoms with van der Waals surface area (Å²) in [5.41, 5.74) is 0.946. The minimum absolute atomic E-state index is 0.0504. The number of carbonyl (C=O) groups excluding carboxylic acids is 2. The third kappa shape index (κ3) is 5.04. The van der Waals surface area contributed by atoms with Crippen LogP contribution in [0.3, 0.4) is 0 Å². The second-order valence-electron chi connectivity index (χ2n) is 9.08. The normalized spacial score (nSPS) is 23.4. The lowest BCUT2D eigenvalue weighted by molar-refractivity contribution is -0.149. The third-order valence-corrected chi connectivity index (χ3v) is 6.58. The van der Waals surface area contributed by atoms with Crippen LogP contribution < -0.4 is 5.32 Å². The Labute approximate surface area is 181 Å². The van der Waals surface area contributed by atoms with Crippen LogP contribution in [0.2, 0.25) is 0 Å². The number of hydrogen-bond donors (Lipinski definition) is 1. The molecule has 1 aliphatic carbocycles. The SMILES string of the molecule is O=C(NC[C@@H]1CN(CC2CCN(CC3CC3)CC2)C(=O)CO1)c1cc2ncccn2n1. The van der Waals surface area contributed by atoms with E-state index < -0.39 is 0 Å². The first-order valence-corrected chi connectivity index (χ1v) is 11.3. The molecule has 9 nitrogen and oxygen atoms in total. The Bertz CT molecular complexity index is 901. The van der Waals surface area contributed by atoms with Gasteiger partial charge in [-0.3, -0.25) is 9.59 Å². The number of nitrogens with one attached hydrogen (secondary N) is 1. The van der Waals surface area contributed by atoms with Crippen molar-refractivity contribution in [1.82, 2.24) is 29.7 Å². The smallest absolute Gasteiger partial charge is 0.271 e. The first kappa shape index (κ1) is 20.4. The second kappa shape index (κ2) is 8.92. The quantitative estimate of drug-likeness (QED) is 0.705. The molecule has 0 unspecified atom stereocenters. The standard InChI is InChI=1S/C22H30N6O3/c29-21-15-31-18(11-24-22(30)19-10-20-23-6-1-7-28(20)25-19)14-27(21)13-17-4-8-26(9-5-17)12-16-2-3-16/h1,6-7,10,16-18H,2-5,8-9,11-15H2,(H,24,30)/t18-/m1/s1. The molecule has 2 aromatic heterocycles. The molecular weight excluding hydrogens is 396 g/mol. The van der Waals surface area contributed by atoms with Gasteiger partial charge in [-0.15, -0.1) is 0 Å². The van der Waals surface area contributed by atoms with E-state index in [-0.39, 0.29) is 24.5 Å². The van der Waals surface area contributed by atoms with Crippen LogP contribution in [0.5, 0.6) is 0 Å². The molecule has 2 saturated heterocycles. The van der Waals surface area contributed by atoms with E-state index in [0.29, 0.717) is 30.3 Å². The van der Waals surface area contributed by atoms with Crippen molar-refractivity contribution in [2.24, 2.45) is 11.8 Å². The van der Waals surface area contributed by atoms with Crippen molar-refractivity contribution in [2.75, 3.05) is 45.9 Å². The van der Waals surface area contributed by atoms with Gasteiger partial charge in [-0.25, -0.2) is 9.50 Å². The topological polar surface area (TPSA) is 92.1 Å². The second-order valence-corrected chi connectivity index (χ2v) is 9.08. The number of rotatable bonds is 7. The van der Waals surface area contributed by atoms with Crippen molar-refractivity contribution in [1.29, 1.82) is 0 Å². The van der Waals surface area contributed by atoms with Gasteiger partial charge >= 0.3 is 0 Å². The summed E-state index contributed by atoms with van der Waals surface area (Å²) in [7, 11) is 0. The van der Waals surface area contributed by atoms with Crippen LogP contribution in [-0.2, 0) is 9.53 Å². The van der Waals surface area contributed by atoms with Crippen LogP contribution in [0.15, 0.2) is 24.5 Å². The van der Waals surface area contributed by atoms with E-state index in [1.165, 1.54) is 19.4 Å². The van der Waals surface area contributed by atoms with Gasteiger partial charge in [0.15, 0.2) is 11.3 Å². The third-order valence-electron chi connectivity index (χ3n) is 6.58. The number of carbonyl (C=O) groups is 2. The van der Waals surface area contributed by atoms with Crippen LogP contribution in [0.25, 0.3) is 5.65 Å². The molecule has 0 spiro atoms. The Morgan fingerprint density at radius 3 is 2.74 bits per heavy atom.